The van der Waals surface area contributed by atoms with Crippen LogP contribution in [0.4, 0.5) is 11.4 Å². The van der Waals surface area contributed by atoms with E-state index in [0.29, 0.717) is 30.8 Å². The summed E-state index contributed by atoms with van der Waals surface area (Å²) < 4.78 is 4.48. The zero-order valence-electron chi connectivity index (χ0n) is 12.3. The molecule has 0 saturated carbocycles. The standard InChI is InChI=1S/C15H18N2O5/c1-22-15(19)7-5-11-4-6-13(14(9-11)17(20)21)16-8-2-3-12(18)10-16/h4-7,9,12,18H,2-3,8,10H2,1H3/b7-5+. The zero-order chi connectivity index (χ0) is 16.1. The first-order chi connectivity index (χ1) is 10.5. The second-order valence-electron chi connectivity index (χ2n) is 5.10. The van der Waals surface area contributed by atoms with E-state index in [1.165, 1.54) is 25.3 Å². The minimum Gasteiger partial charge on any atom is -0.466 e. The molecule has 1 N–H and O–H groups in total. The largest absolute Gasteiger partial charge is 0.466 e. The number of anilines is 1. The minimum absolute atomic E-state index is 0.0406. The molecule has 1 saturated heterocycles. The number of piperidine rings is 1. The van der Waals surface area contributed by atoms with Crippen molar-refractivity contribution in [3.8, 4) is 0 Å². The number of methoxy groups -OCH3 is 1. The maximum atomic E-state index is 11.3. The van der Waals surface area contributed by atoms with Crippen LogP contribution in [0.25, 0.3) is 6.08 Å². The maximum absolute atomic E-state index is 11.3. The third-order valence-corrected chi connectivity index (χ3v) is 3.55. The molecule has 0 bridgehead atoms. The molecule has 7 heteroatoms. The van der Waals surface area contributed by atoms with Crippen LogP contribution in [0.15, 0.2) is 24.3 Å². The zero-order valence-corrected chi connectivity index (χ0v) is 12.3. The third-order valence-electron chi connectivity index (χ3n) is 3.55. The lowest BCUT2D eigenvalue weighted by Crippen LogP contribution is -2.38. The second kappa shape index (κ2) is 7.04. The number of rotatable bonds is 4. The first-order valence-corrected chi connectivity index (χ1v) is 6.98. The van der Waals surface area contributed by atoms with Gasteiger partial charge in [-0.25, -0.2) is 4.79 Å². The molecular formula is C15H18N2O5. The monoisotopic (exact) mass is 306 g/mol. The highest BCUT2D eigenvalue weighted by Crippen LogP contribution is 2.31. The lowest BCUT2D eigenvalue weighted by molar-refractivity contribution is -0.384. The average molecular weight is 306 g/mol. The Kier molecular flexibility index (Phi) is 5.11. The van der Waals surface area contributed by atoms with Gasteiger partial charge in [0.25, 0.3) is 5.69 Å². The molecule has 1 heterocycles. The van der Waals surface area contributed by atoms with Gasteiger partial charge < -0.3 is 14.7 Å². The van der Waals surface area contributed by atoms with Gasteiger partial charge in [0.1, 0.15) is 5.69 Å². The molecule has 1 unspecified atom stereocenters. The van der Waals surface area contributed by atoms with Gasteiger partial charge in [0.15, 0.2) is 0 Å². The van der Waals surface area contributed by atoms with Crippen LogP contribution in [-0.2, 0) is 9.53 Å². The van der Waals surface area contributed by atoms with E-state index in [-0.39, 0.29) is 5.69 Å². The van der Waals surface area contributed by atoms with Gasteiger partial charge in [-0.15, -0.1) is 0 Å². The van der Waals surface area contributed by atoms with Crippen molar-refractivity contribution in [3.05, 3.63) is 40.0 Å². The average Bonchev–Trinajstić information content (AvgIpc) is 2.52. The number of benzene rings is 1. The molecule has 0 amide bonds. The first-order valence-electron chi connectivity index (χ1n) is 6.98. The van der Waals surface area contributed by atoms with Gasteiger partial charge in [-0.1, -0.05) is 6.07 Å². The summed E-state index contributed by atoms with van der Waals surface area (Å²) in [6.45, 7) is 1.06. The van der Waals surface area contributed by atoms with Gasteiger partial charge >= 0.3 is 5.97 Å². The van der Waals surface area contributed by atoms with Gasteiger partial charge in [-0.3, -0.25) is 10.1 Å². The number of esters is 1. The third kappa shape index (κ3) is 3.82. The molecule has 2 rings (SSSR count). The smallest absolute Gasteiger partial charge is 0.330 e. The summed E-state index contributed by atoms with van der Waals surface area (Å²) in [4.78, 5) is 23.7. The van der Waals surface area contributed by atoms with Crippen molar-refractivity contribution in [3.63, 3.8) is 0 Å². The number of nitro benzene ring substituents is 1. The Bertz CT molecular complexity index is 600. The van der Waals surface area contributed by atoms with Crippen molar-refractivity contribution >= 4 is 23.4 Å². The fourth-order valence-electron chi connectivity index (χ4n) is 2.46. The summed E-state index contributed by atoms with van der Waals surface area (Å²) in [5, 5.41) is 21.0. The van der Waals surface area contributed by atoms with Crippen molar-refractivity contribution in [2.24, 2.45) is 0 Å². The summed E-state index contributed by atoms with van der Waals surface area (Å²) in [5.41, 5.74) is 0.985. The number of aliphatic hydroxyl groups is 1. The number of β-amino-alcohol motifs (C(OH)–C–C–N with tert-alkyl or cyclic N) is 1. The molecule has 118 valence electrons. The van der Waals surface area contributed by atoms with E-state index in [2.05, 4.69) is 4.74 Å². The molecule has 1 aromatic carbocycles. The normalized spacial score (nSPS) is 18.5. The number of aliphatic hydroxyl groups excluding tert-OH is 1. The number of nitrogens with zero attached hydrogens (tertiary/aromatic N) is 2. The lowest BCUT2D eigenvalue weighted by Gasteiger charge is -2.31. The van der Waals surface area contributed by atoms with E-state index >= 15 is 0 Å². The number of hydrogen-bond donors (Lipinski definition) is 1. The predicted molar refractivity (Wildman–Crippen MR) is 81.6 cm³/mol. The maximum Gasteiger partial charge on any atom is 0.330 e. The summed E-state index contributed by atoms with van der Waals surface area (Å²) in [7, 11) is 1.26. The van der Waals surface area contributed by atoms with E-state index in [4.69, 9.17) is 0 Å². The quantitative estimate of drug-likeness (QED) is 0.394. The Labute approximate surface area is 128 Å². The summed E-state index contributed by atoms with van der Waals surface area (Å²) in [6, 6.07) is 4.76. The van der Waals surface area contributed by atoms with Crippen LogP contribution in [0.3, 0.4) is 0 Å². The molecule has 22 heavy (non-hydrogen) atoms. The Balaban J connectivity index is 2.29. The minimum atomic E-state index is -0.522. The second-order valence-corrected chi connectivity index (χ2v) is 5.10. The fourth-order valence-corrected chi connectivity index (χ4v) is 2.46. The van der Waals surface area contributed by atoms with Crippen LogP contribution in [0.1, 0.15) is 18.4 Å². The predicted octanol–water partition coefficient (Wildman–Crippen LogP) is 1.74. The molecule has 1 aliphatic heterocycles. The number of nitro groups is 1. The summed E-state index contributed by atoms with van der Waals surface area (Å²) in [5.74, 6) is -0.522. The molecule has 7 nitrogen and oxygen atoms in total. The van der Waals surface area contributed by atoms with Crippen molar-refractivity contribution < 1.29 is 19.6 Å². The Morgan fingerprint density at radius 1 is 1.55 bits per heavy atom. The van der Waals surface area contributed by atoms with E-state index in [0.717, 1.165) is 6.42 Å². The Morgan fingerprint density at radius 3 is 2.95 bits per heavy atom. The number of carbonyl (C=O) groups is 1. The summed E-state index contributed by atoms with van der Waals surface area (Å²) >= 11 is 0. The van der Waals surface area contributed by atoms with Gasteiger partial charge in [0.05, 0.1) is 18.1 Å². The van der Waals surface area contributed by atoms with E-state index in [1.807, 2.05) is 4.90 Å². The Hall–Kier alpha value is -2.41. The van der Waals surface area contributed by atoms with Crippen molar-refractivity contribution in [1.29, 1.82) is 0 Å². The van der Waals surface area contributed by atoms with Crippen LogP contribution in [-0.4, -0.2) is 42.3 Å². The molecule has 0 spiro atoms. The van der Waals surface area contributed by atoms with Gasteiger partial charge in [-0.2, -0.15) is 0 Å². The Morgan fingerprint density at radius 2 is 2.32 bits per heavy atom. The van der Waals surface area contributed by atoms with Gasteiger partial charge in [0, 0.05) is 25.2 Å². The molecule has 1 atom stereocenters. The highest BCUT2D eigenvalue weighted by atomic mass is 16.6. The molecule has 1 aromatic rings. The molecule has 1 fully saturated rings. The molecular weight excluding hydrogens is 288 g/mol. The number of hydrogen-bond acceptors (Lipinski definition) is 6. The van der Waals surface area contributed by atoms with Gasteiger partial charge in [-0.05, 0) is 30.5 Å². The molecule has 0 radical (unpaired) electrons. The van der Waals surface area contributed by atoms with Crippen LogP contribution in [0.5, 0.6) is 0 Å². The molecule has 1 aliphatic rings. The topological polar surface area (TPSA) is 92.9 Å². The van der Waals surface area contributed by atoms with Crippen LogP contribution in [0, 0.1) is 10.1 Å². The summed E-state index contributed by atoms with van der Waals surface area (Å²) in [6.07, 6.45) is 3.72. The fraction of sp³-hybridized carbons (Fsp3) is 0.400. The molecule has 0 aliphatic carbocycles. The SMILES string of the molecule is COC(=O)/C=C/c1ccc(N2CCCC(O)C2)c([N+](=O)[O-])c1. The van der Waals surface area contributed by atoms with Crippen molar-refractivity contribution in [1.82, 2.24) is 0 Å². The lowest BCUT2D eigenvalue weighted by atomic mass is 10.1. The number of ether oxygens (including phenoxy) is 1. The van der Waals surface area contributed by atoms with Crippen molar-refractivity contribution in [2.75, 3.05) is 25.1 Å². The molecule has 0 aromatic heterocycles. The number of carbonyl (C=O) groups excluding carboxylic acids is 1. The van der Waals surface area contributed by atoms with Crippen LogP contribution < -0.4 is 4.90 Å². The highest BCUT2D eigenvalue weighted by molar-refractivity contribution is 5.87. The highest BCUT2D eigenvalue weighted by Gasteiger charge is 2.24. The van der Waals surface area contributed by atoms with E-state index in [9.17, 15) is 20.0 Å². The van der Waals surface area contributed by atoms with E-state index in [1.54, 1.807) is 12.1 Å². The van der Waals surface area contributed by atoms with Crippen LogP contribution in [0.2, 0.25) is 0 Å². The van der Waals surface area contributed by atoms with E-state index < -0.39 is 17.0 Å². The van der Waals surface area contributed by atoms with Gasteiger partial charge in [0.2, 0.25) is 0 Å². The van der Waals surface area contributed by atoms with Crippen molar-refractivity contribution in [2.45, 2.75) is 18.9 Å². The first kappa shape index (κ1) is 16.0. The van der Waals surface area contributed by atoms with Crippen LogP contribution >= 0.6 is 0 Å².